The Labute approximate surface area is 198 Å². The fourth-order valence-electron chi connectivity index (χ4n) is 3.95. The van der Waals surface area contributed by atoms with Crippen molar-refractivity contribution >= 4 is 32.6 Å². The van der Waals surface area contributed by atoms with Gasteiger partial charge in [-0.2, -0.15) is 0 Å². The Kier molecular flexibility index (Phi) is 7.23. The maximum absolute atomic E-state index is 13.3. The number of ether oxygens (including phenoxy) is 3. The third-order valence-corrected chi connectivity index (χ3v) is 6.61. The molecule has 1 saturated heterocycles. The summed E-state index contributed by atoms with van der Waals surface area (Å²) < 4.78 is 18.5. The molecule has 1 aliphatic rings. The Morgan fingerprint density at radius 2 is 1.58 bits per heavy atom. The number of piperazine rings is 1. The summed E-state index contributed by atoms with van der Waals surface area (Å²) >= 11 is 1.71. The molecular weight excluding hydrogens is 438 g/mol. The Morgan fingerprint density at radius 1 is 0.939 bits per heavy atom. The number of carbonyl (C=O) groups is 1. The number of anilines is 1. The Hall–Kier alpha value is -3.00. The Morgan fingerprint density at radius 3 is 2.18 bits per heavy atom. The van der Waals surface area contributed by atoms with Gasteiger partial charge < -0.3 is 24.0 Å². The molecule has 0 unspecified atom stereocenters. The van der Waals surface area contributed by atoms with Crippen molar-refractivity contribution in [3.63, 3.8) is 0 Å². The normalized spacial score (nSPS) is 13.9. The minimum atomic E-state index is -0.0282. The third-order valence-electron chi connectivity index (χ3n) is 5.53. The highest BCUT2D eigenvalue weighted by Gasteiger charge is 2.26. The van der Waals surface area contributed by atoms with Gasteiger partial charge in [0.05, 0.1) is 30.0 Å². The second kappa shape index (κ2) is 10.3. The third kappa shape index (κ3) is 5.00. The first-order chi connectivity index (χ1) is 16.0. The van der Waals surface area contributed by atoms with E-state index in [4.69, 9.17) is 19.2 Å². The first-order valence-corrected chi connectivity index (χ1v) is 12.3. The van der Waals surface area contributed by atoms with Crippen LogP contribution < -0.4 is 19.1 Å². The van der Waals surface area contributed by atoms with Crippen LogP contribution in [0.5, 0.6) is 17.2 Å². The molecule has 7 nitrogen and oxygen atoms in total. The number of benzene rings is 2. The minimum absolute atomic E-state index is 0.0282. The minimum Gasteiger partial charge on any atom is -0.490 e. The number of rotatable bonds is 8. The molecule has 0 saturated carbocycles. The quantitative estimate of drug-likeness (QED) is 0.474. The molecule has 1 amide bonds. The molecular formula is C25H31N3O4S. The number of aromatic nitrogens is 1. The lowest BCUT2D eigenvalue weighted by atomic mass is 10.1. The summed E-state index contributed by atoms with van der Waals surface area (Å²) in [6.07, 6.45) is 0. The fourth-order valence-corrected chi connectivity index (χ4v) is 5.07. The summed E-state index contributed by atoms with van der Waals surface area (Å²) in [7, 11) is 0. The van der Waals surface area contributed by atoms with Gasteiger partial charge in [0.2, 0.25) is 5.75 Å². The SMILES string of the molecule is CCOc1cc(C(=O)N2CCN(c3nc4ccc(C)cc4s3)CC2)cc(OCC)c1OCC. The number of carbonyl (C=O) groups excluding carboxylic acids is 1. The van der Waals surface area contributed by atoms with Gasteiger partial charge in [0.25, 0.3) is 5.91 Å². The van der Waals surface area contributed by atoms with Crippen LogP contribution in [0, 0.1) is 6.92 Å². The fraction of sp³-hybridized carbons (Fsp3) is 0.440. The van der Waals surface area contributed by atoms with Crippen LogP contribution in [0.2, 0.25) is 0 Å². The predicted molar refractivity (Wildman–Crippen MR) is 132 cm³/mol. The highest BCUT2D eigenvalue weighted by molar-refractivity contribution is 7.22. The lowest BCUT2D eigenvalue weighted by molar-refractivity contribution is 0.0745. The summed E-state index contributed by atoms with van der Waals surface area (Å²) in [5.74, 6) is 1.60. The molecule has 2 aromatic carbocycles. The van der Waals surface area contributed by atoms with E-state index in [1.54, 1.807) is 23.5 Å². The molecule has 0 spiro atoms. The molecule has 1 aromatic heterocycles. The van der Waals surface area contributed by atoms with Gasteiger partial charge in [0.1, 0.15) is 0 Å². The van der Waals surface area contributed by atoms with Crippen LogP contribution in [0.3, 0.4) is 0 Å². The molecule has 3 aromatic rings. The van der Waals surface area contributed by atoms with Crippen molar-refractivity contribution in [2.45, 2.75) is 27.7 Å². The van der Waals surface area contributed by atoms with E-state index in [0.29, 0.717) is 55.7 Å². The lowest BCUT2D eigenvalue weighted by Crippen LogP contribution is -2.48. The summed E-state index contributed by atoms with van der Waals surface area (Å²) in [5, 5.41) is 1.01. The zero-order chi connectivity index (χ0) is 23.4. The van der Waals surface area contributed by atoms with Crippen molar-refractivity contribution in [1.29, 1.82) is 0 Å². The van der Waals surface area contributed by atoms with Crippen LogP contribution in [0.15, 0.2) is 30.3 Å². The van der Waals surface area contributed by atoms with Gasteiger partial charge in [-0.05, 0) is 57.5 Å². The molecule has 1 aliphatic heterocycles. The van der Waals surface area contributed by atoms with Gasteiger partial charge >= 0.3 is 0 Å². The van der Waals surface area contributed by atoms with Gasteiger partial charge in [0.15, 0.2) is 16.6 Å². The Bertz CT molecular complexity index is 1100. The average Bonchev–Trinajstić information content (AvgIpc) is 3.24. The summed E-state index contributed by atoms with van der Waals surface area (Å²) in [4.78, 5) is 22.3. The maximum atomic E-state index is 13.3. The molecule has 4 rings (SSSR count). The zero-order valence-electron chi connectivity index (χ0n) is 19.7. The van der Waals surface area contributed by atoms with E-state index in [9.17, 15) is 4.79 Å². The van der Waals surface area contributed by atoms with Crippen LogP contribution in [0.25, 0.3) is 10.2 Å². The van der Waals surface area contributed by atoms with E-state index >= 15 is 0 Å². The van der Waals surface area contributed by atoms with Gasteiger partial charge in [-0.1, -0.05) is 17.4 Å². The van der Waals surface area contributed by atoms with E-state index in [1.165, 1.54) is 10.3 Å². The molecule has 176 valence electrons. The standard InChI is InChI=1S/C25H31N3O4S/c1-5-30-20-15-18(16-21(31-6-2)23(20)32-7-3)24(29)27-10-12-28(13-11-27)25-26-19-9-8-17(4)14-22(19)33-25/h8-9,14-16H,5-7,10-13H2,1-4H3. The maximum Gasteiger partial charge on any atom is 0.254 e. The van der Waals surface area contributed by atoms with Crippen molar-refractivity contribution in [2.24, 2.45) is 0 Å². The van der Waals surface area contributed by atoms with E-state index in [0.717, 1.165) is 23.7 Å². The van der Waals surface area contributed by atoms with Crippen LogP contribution in [-0.4, -0.2) is 61.8 Å². The number of aryl methyl sites for hydroxylation is 1. The number of fused-ring (bicyclic) bond motifs is 1. The summed E-state index contributed by atoms with van der Waals surface area (Å²) in [5.41, 5.74) is 2.82. The highest BCUT2D eigenvalue weighted by Crippen LogP contribution is 2.39. The van der Waals surface area contributed by atoms with Crippen LogP contribution in [0.4, 0.5) is 5.13 Å². The molecule has 0 N–H and O–H groups in total. The molecule has 8 heteroatoms. The molecule has 0 atom stereocenters. The number of nitrogens with zero attached hydrogens (tertiary/aromatic N) is 3. The molecule has 1 fully saturated rings. The summed E-state index contributed by atoms with van der Waals surface area (Å²) in [6.45, 7) is 12.0. The van der Waals surface area contributed by atoms with Gasteiger partial charge in [0, 0.05) is 31.7 Å². The van der Waals surface area contributed by atoms with Crippen molar-refractivity contribution in [3.05, 3.63) is 41.5 Å². The average molecular weight is 470 g/mol. The van der Waals surface area contributed by atoms with E-state index in [2.05, 4.69) is 30.0 Å². The monoisotopic (exact) mass is 469 g/mol. The highest BCUT2D eigenvalue weighted by atomic mass is 32.1. The zero-order valence-corrected chi connectivity index (χ0v) is 20.5. The molecule has 2 heterocycles. The van der Waals surface area contributed by atoms with Gasteiger partial charge in [-0.25, -0.2) is 4.98 Å². The number of amides is 1. The first-order valence-electron chi connectivity index (χ1n) is 11.5. The van der Waals surface area contributed by atoms with Crippen LogP contribution in [-0.2, 0) is 0 Å². The Balaban J connectivity index is 1.50. The molecule has 0 aliphatic carbocycles. The molecule has 0 radical (unpaired) electrons. The second-order valence-corrected chi connectivity index (χ2v) is 8.86. The second-order valence-electron chi connectivity index (χ2n) is 7.85. The lowest BCUT2D eigenvalue weighted by Gasteiger charge is -2.34. The van der Waals surface area contributed by atoms with Gasteiger partial charge in [-0.15, -0.1) is 0 Å². The van der Waals surface area contributed by atoms with E-state index in [-0.39, 0.29) is 5.91 Å². The number of thiazole rings is 1. The predicted octanol–water partition coefficient (Wildman–Crippen LogP) is 4.76. The van der Waals surface area contributed by atoms with E-state index < -0.39 is 0 Å². The van der Waals surface area contributed by atoms with Crippen molar-refractivity contribution < 1.29 is 19.0 Å². The first kappa shape index (κ1) is 23.2. The largest absolute Gasteiger partial charge is 0.490 e. The number of hydrogen-bond donors (Lipinski definition) is 0. The van der Waals surface area contributed by atoms with Gasteiger partial charge in [-0.3, -0.25) is 4.79 Å². The van der Waals surface area contributed by atoms with Crippen LogP contribution in [0.1, 0.15) is 36.7 Å². The smallest absolute Gasteiger partial charge is 0.254 e. The topological polar surface area (TPSA) is 64.1 Å². The van der Waals surface area contributed by atoms with Crippen LogP contribution >= 0.6 is 11.3 Å². The number of hydrogen-bond acceptors (Lipinski definition) is 7. The summed E-state index contributed by atoms with van der Waals surface area (Å²) in [6, 6.07) is 9.87. The molecule has 0 bridgehead atoms. The van der Waals surface area contributed by atoms with Crippen molar-refractivity contribution in [2.75, 3.05) is 50.9 Å². The molecule has 33 heavy (non-hydrogen) atoms. The van der Waals surface area contributed by atoms with Crippen molar-refractivity contribution in [3.8, 4) is 17.2 Å². The van der Waals surface area contributed by atoms with E-state index in [1.807, 2.05) is 25.7 Å². The van der Waals surface area contributed by atoms with Crippen molar-refractivity contribution in [1.82, 2.24) is 9.88 Å².